The summed E-state index contributed by atoms with van der Waals surface area (Å²) in [5, 5.41) is 10.3. The zero-order chi connectivity index (χ0) is 31.2. The molecule has 9 rings (SSSR count). The molecule has 0 radical (unpaired) electrons. The molecule has 9 aromatic carbocycles. The molecule has 0 N–H and O–H groups in total. The number of nitrogens with zero attached hydrogens (tertiary/aromatic N) is 1. The molecule has 0 atom stereocenters. The van der Waals surface area contributed by atoms with Gasteiger partial charge in [0.05, 0.1) is 0 Å². The van der Waals surface area contributed by atoms with E-state index in [1.54, 1.807) is 0 Å². The van der Waals surface area contributed by atoms with Crippen molar-refractivity contribution in [2.75, 3.05) is 4.90 Å². The Labute approximate surface area is 274 Å². The maximum Gasteiger partial charge on any atom is 0.0462 e. The smallest absolute Gasteiger partial charge is 0.0462 e. The van der Waals surface area contributed by atoms with Gasteiger partial charge in [-0.3, -0.25) is 0 Å². The monoisotopic (exact) mass is 597 g/mol. The maximum atomic E-state index is 2.38. The number of hydrogen-bond donors (Lipinski definition) is 0. The normalized spacial score (nSPS) is 11.4. The zero-order valence-electron chi connectivity index (χ0n) is 25.8. The summed E-state index contributed by atoms with van der Waals surface area (Å²) < 4.78 is 0. The van der Waals surface area contributed by atoms with Crippen LogP contribution in [0.1, 0.15) is 0 Å². The predicted octanol–water partition coefficient (Wildman–Crippen LogP) is 13.1. The van der Waals surface area contributed by atoms with Gasteiger partial charge in [-0.1, -0.05) is 133 Å². The van der Waals surface area contributed by atoms with Crippen molar-refractivity contribution in [3.8, 4) is 22.3 Å². The van der Waals surface area contributed by atoms with E-state index in [4.69, 9.17) is 0 Å². The van der Waals surface area contributed by atoms with Crippen molar-refractivity contribution in [1.29, 1.82) is 0 Å². The van der Waals surface area contributed by atoms with Crippen LogP contribution in [0.15, 0.2) is 188 Å². The van der Waals surface area contributed by atoms with Crippen molar-refractivity contribution < 1.29 is 0 Å². The number of benzene rings is 9. The fraction of sp³-hybridized carbons (Fsp3) is 0. The van der Waals surface area contributed by atoms with E-state index in [1.807, 2.05) is 0 Å². The standard InChI is InChI=1S/C46H31N/c1-3-11-32(12-4-1)33-21-25-39(26-22-33)47(38-13-5-2-6-14-38)40-27-23-34(24-28-40)35-19-20-36-30-45-43-17-9-7-15-41(43)42-16-8-10-18-44(42)46(45)31-37(36)29-35/h1-31H. The van der Waals surface area contributed by atoms with Crippen molar-refractivity contribution >= 4 is 60.2 Å². The lowest BCUT2D eigenvalue weighted by atomic mass is 9.91. The highest BCUT2D eigenvalue weighted by atomic mass is 15.1. The molecule has 0 saturated heterocycles. The largest absolute Gasteiger partial charge is 0.311 e. The summed E-state index contributed by atoms with van der Waals surface area (Å²) in [5.41, 5.74) is 8.23. The van der Waals surface area contributed by atoms with Gasteiger partial charge in [0.15, 0.2) is 0 Å². The molecule has 0 aliphatic rings. The molecule has 0 saturated carbocycles. The van der Waals surface area contributed by atoms with Gasteiger partial charge in [0, 0.05) is 17.1 Å². The molecule has 9 aromatic rings. The molecule has 1 heteroatoms. The van der Waals surface area contributed by atoms with Gasteiger partial charge in [-0.05, 0) is 120 Å². The minimum Gasteiger partial charge on any atom is -0.311 e. The summed E-state index contributed by atoms with van der Waals surface area (Å²) in [7, 11) is 0. The Morgan fingerprint density at radius 2 is 0.617 bits per heavy atom. The summed E-state index contributed by atoms with van der Waals surface area (Å²) in [6, 6.07) is 68.1. The zero-order valence-corrected chi connectivity index (χ0v) is 25.8. The highest BCUT2D eigenvalue weighted by Gasteiger charge is 2.14. The molecule has 0 aliphatic carbocycles. The fourth-order valence-corrected chi connectivity index (χ4v) is 7.09. The highest BCUT2D eigenvalue weighted by Crippen LogP contribution is 2.39. The van der Waals surface area contributed by atoms with Crippen LogP contribution in [0.3, 0.4) is 0 Å². The molecule has 0 aliphatic heterocycles. The average Bonchev–Trinajstić information content (AvgIpc) is 3.15. The van der Waals surface area contributed by atoms with Crippen LogP contribution in [0, 0.1) is 0 Å². The molecule has 220 valence electrons. The number of hydrogen-bond acceptors (Lipinski definition) is 1. The van der Waals surface area contributed by atoms with E-state index in [-0.39, 0.29) is 0 Å². The summed E-state index contributed by atoms with van der Waals surface area (Å²) in [6.45, 7) is 0. The van der Waals surface area contributed by atoms with Crippen LogP contribution in [0.5, 0.6) is 0 Å². The van der Waals surface area contributed by atoms with Gasteiger partial charge in [-0.2, -0.15) is 0 Å². The van der Waals surface area contributed by atoms with Crippen LogP contribution in [0.25, 0.3) is 65.3 Å². The lowest BCUT2D eigenvalue weighted by Gasteiger charge is -2.26. The summed E-state index contributed by atoms with van der Waals surface area (Å²) in [4.78, 5) is 2.32. The van der Waals surface area contributed by atoms with Crippen LogP contribution in [-0.2, 0) is 0 Å². The Morgan fingerprint density at radius 3 is 1.17 bits per heavy atom. The van der Waals surface area contributed by atoms with E-state index >= 15 is 0 Å². The van der Waals surface area contributed by atoms with Gasteiger partial charge in [0.25, 0.3) is 0 Å². The summed E-state index contributed by atoms with van der Waals surface area (Å²) in [5.74, 6) is 0. The summed E-state index contributed by atoms with van der Waals surface area (Å²) >= 11 is 0. The number of fused-ring (bicyclic) bond motifs is 7. The molecular formula is C46H31N. The second kappa shape index (κ2) is 11.3. The Hall–Kier alpha value is -6.18. The van der Waals surface area contributed by atoms with Crippen molar-refractivity contribution in [3.63, 3.8) is 0 Å². The van der Waals surface area contributed by atoms with E-state index in [2.05, 4.69) is 193 Å². The molecule has 0 unspecified atom stereocenters. The third-order valence-corrected chi connectivity index (χ3v) is 9.41. The van der Waals surface area contributed by atoms with E-state index in [1.165, 1.54) is 65.3 Å². The van der Waals surface area contributed by atoms with Crippen LogP contribution in [0.2, 0.25) is 0 Å². The maximum absolute atomic E-state index is 2.38. The highest BCUT2D eigenvalue weighted by molar-refractivity contribution is 6.27. The van der Waals surface area contributed by atoms with Crippen LogP contribution in [-0.4, -0.2) is 0 Å². The molecular weight excluding hydrogens is 567 g/mol. The minimum absolute atomic E-state index is 1.12. The summed E-state index contributed by atoms with van der Waals surface area (Å²) in [6.07, 6.45) is 0. The van der Waals surface area contributed by atoms with Gasteiger partial charge in [-0.15, -0.1) is 0 Å². The van der Waals surface area contributed by atoms with Gasteiger partial charge < -0.3 is 4.90 Å². The first-order valence-electron chi connectivity index (χ1n) is 16.2. The first-order valence-corrected chi connectivity index (χ1v) is 16.2. The number of rotatable bonds is 5. The topological polar surface area (TPSA) is 3.24 Å². The Morgan fingerprint density at radius 1 is 0.234 bits per heavy atom. The Kier molecular flexibility index (Phi) is 6.54. The van der Waals surface area contributed by atoms with Gasteiger partial charge in [0.2, 0.25) is 0 Å². The van der Waals surface area contributed by atoms with Crippen molar-refractivity contribution in [2.24, 2.45) is 0 Å². The lowest BCUT2D eigenvalue weighted by molar-refractivity contribution is 1.28. The molecule has 0 bridgehead atoms. The van der Waals surface area contributed by atoms with Crippen molar-refractivity contribution in [1.82, 2.24) is 0 Å². The third kappa shape index (κ3) is 4.81. The van der Waals surface area contributed by atoms with E-state index in [0.29, 0.717) is 0 Å². The minimum atomic E-state index is 1.12. The molecule has 1 nitrogen and oxygen atoms in total. The first kappa shape index (κ1) is 27.2. The van der Waals surface area contributed by atoms with Crippen molar-refractivity contribution in [3.05, 3.63) is 188 Å². The first-order chi connectivity index (χ1) is 23.3. The second-order valence-corrected chi connectivity index (χ2v) is 12.2. The fourth-order valence-electron chi connectivity index (χ4n) is 7.09. The lowest BCUT2D eigenvalue weighted by Crippen LogP contribution is -2.09. The molecule has 47 heavy (non-hydrogen) atoms. The second-order valence-electron chi connectivity index (χ2n) is 12.2. The van der Waals surface area contributed by atoms with Crippen molar-refractivity contribution in [2.45, 2.75) is 0 Å². The van der Waals surface area contributed by atoms with E-state index in [9.17, 15) is 0 Å². The molecule has 0 amide bonds. The van der Waals surface area contributed by atoms with E-state index in [0.717, 1.165) is 17.1 Å². The van der Waals surface area contributed by atoms with E-state index < -0.39 is 0 Å². The number of anilines is 3. The quantitative estimate of drug-likeness (QED) is 0.141. The molecule has 0 fully saturated rings. The Balaban J connectivity index is 1.11. The number of para-hydroxylation sites is 1. The third-order valence-electron chi connectivity index (χ3n) is 9.41. The van der Waals surface area contributed by atoms with Crippen LogP contribution >= 0.6 is 0 Å². The SMILES string of the molecule is c1ccc(-c2ccc(N(c3ccccc3)c3ccc(-c4ccc5cc6c7ccccc7c7ccccc7c6cc5c4)cc3)cc2)cc1. The average molecular weight is 598 g/mol. The van der Waals surface area contributed by atoms with Gasteiger partial charge in [0.1, 0.15) is 0 Å². The van der Waals surface area contributed by atoms with Crippen LogP contribution < -0.4 is 4.90 Å². The van der Waals surface area contributed by atoms with Gasteiger partial charge >= 0.3 is 0 Å². The van der Waals surface area contributed by atoms with Gasteiger partial charge in [-0.25, -0.2) is 0 Å². The van der Waals surface area contributed by atoms with Crippen LogP contribution in [0.4, 0.5) is 17.1 Å². The Bertz CT molecular complexity index is 2530. The predicted molar refractivity (Wildman–Crippen MR) is 202 cm³/mol. The molecule has 0 heterocycles. The molecule has 0 aromatic heterocycles. The molecule has 0 spiro atoms.